The van der Waals surface area contributed by atoms with E-state index in [2.05, 4.69) is 20.3 Å². The Hall–Kier alpha value is -1.89. The molecule has 0 unspecified atom stereocenters. The highest BCUT2D eigenvalue weighted by Crippen LogP contribution is 2.25. The molecule has 20 heavy (non-hydrogen) atoms. The molecule has 110 valence electrons. The van der Waals surface area contributed by atoms with Crippen molar-refractivity contribution in [1.29, 1.82) is 0 Å². The van der Waals surface area contributed by atoms with E-state index >= 15 is 0 Å². The predicted octanol–water partition coefficient (Wildman–Crippen LogP) is 0.803. The fourth-order valence-electron chi connectivity index (χ4n) is 2.48. The van der Waals surface area contributed by atoms with E-state index in [1.165, 1.54) is 0 Å². The summed E-state index contributed by atoms with van der Waals surface area (Å²) in [6, 6.07) is 0. The first-order valence-electron chi connectivity index (χ1n) is 6.68. The Bertz CT molecular complexity index is 510. The smallest absolute Gasteiger partial charge is 0.174 e. The SMILES string of the molecule is COC1CCN(c2nnc(C)c(C)c2/C(N)=N/O)CC1. The van der Waals surface area contributed by atoms with Crippen LogP contribution >= 0.6 is 0 Å². The van der Waals surface area contributed by atoms with Gasteiger partial charge in [0.1, 0.15) is 0 Å². The number of anilines is 1. The molecule has 0 amide bonds. The lowest BCUT2D eigenvalue weighted by molar-refractivity contribution is 0.0817. The third kappa shape index (κ3) is 2.67. The van der Waals surface area contributed by atoms with Crippen molar-refractivity contribution in [1.82, 2.24) is 10.2 Å². The Morgan fingerprint density at radius 3 is 2.55 bits per heavy atom. The molecule has 0 aromatic carbocycles. The van der Waals surface area contributed by atoms with Crippen molar-refractivity contribution in [2.75, 3.05) is 25.1 Å². The van der Waals surface area contributed by atoms with Crippen LogP contribution in [0.15, 0.2) is 5.16 Å². The van der Waals surface area contributed by atoms with Crippen molar-refractivity contribution in [3.63, 3.8) is 0 Å². The van der Waals surface area contributed by atoms with Crippen LogP contribution in [-0.2, 0) is 4.74 Å². The van der Waals surface area contributed by atoms with Gasteiger partial charge in [-0.05, 0) is 32.3 Å². The molecule has 0 spiro atoms. The number of aromatic nitrogens is 2. The standard InChI is InChI=1S/C13H21N5O2/c1-8-9(2)15-16-13(11(8)12(14)17-19)18-6-4-10(20-3)5-7-18/h10,19H,4-7H2,1-3H3,(H2,14,17). The molecule has 1 fully saturated rings. The second kappa shape index (κ2) is 6.04. The lowest BCUT2D eigenvalue weighted by atomic mass is 10.0. The highest BCUT2D eigenvalue weighted by molar-refractivity contribution is 6.02. The normalized spacial score (nSPS) is 17.6. The molecule has 1 aromatic rings. The van der Waals surface area contributed by atoms with E-state index in [0.717, 1.165) is 37.2 Å². The summed E-state index contributed by atoms with van der Waals surface area (Å²) in [7, 11) is 1.73. The molecule has 1 aliphatic heterocycles. The molecular formula is C13H21N5O2. The van der Waals surface area contributed by atoms with Gasteiger partial charge in [-0.1, -0.05) is 5.16 Å². The number of piperidine rings is 1. The number of aryl methyl sites for hydroxylation is 1. The molecule has 1 saturated heterocycles. The zero-order valence-corrected chi connectivity index (χ0v) is 12.1. The number of nitrogens with two attached hydrogens (primary N) is 1. The molecule has 0 atom stereocenters. The van der Waals surface area contributed by atoms with E-state index in [1.807, 2.05) is 13.8 Å². The van der Waals surface area contributed by atoms with Crippen LogP contribution in [-0.4, -0.2) is 47.5 Å². The van der Waals surface area contributed by atoms with Crippen molar-refractivity contribution in [3.8, 4) is 0 Å². The largest absolute Gasteiger partial charge is 0.409 e. The van der Waals surface area contributed by atoms with Gasteiger partial charge in [-0.15, -0.1) is 5.10 Å². The van der Waals surface area contributed by atoms with Crippen LogP contribution in [0.3, 0.4) is 0 Å². The minimum atomic E-state index is 0.0735. The van der Waals surface area contributed by atoms with Gasteiger partial charge in [0.05, 0.1) is 17.4 Å². The number of rotatable bonds is 3. The van der Waals surface area contributed by atoms with Crippen LogP contribution in [0.4, 0.5) is 5.82 Å². The summed E-state index contributed by atoms with van der Waals surface area (Å²) in [6.45, 7) is 5.41. The number of hydrogen-bond donors (Lipinski definition) is 2. The molecule has 7 heteroatoms. The quantitative estimate of drug-likeness (QED) is 0.368. The van der Waals surface area contributed by atoms with E-state index in [1.54, 1.807) is 7.11 Å². The maximum absolute atomic E-state index is 8.98. The second-order valence-electron chi connectivity index (χ2n) is 5.02. The first-order valence-corrected chi connectivity index (χ1v) is 6.68. The van der Waals surface area contributed by atoms with Gasteiger partial charge < -0.3 is 20.6 Å². The van der Waals surface area contributed by atoms with Crippen LogP contribution in [0.2, 0.25) is 0 Å². The third-order valence-corrected chi connectivity index (χ3v) is 3.87. The number of hydrogen-bond acceptors (Lipinski definition) is 6. The number of methoxy groups -OCH3 is 1. The predicted molar refractivity (Wildman–Crippen MR) is 76.3 cm³/mol. The summed E-state index contributed by atoms with van der Waals surface area (Å²) in [5, 5.41) is 20.5. The summed E-state index contributed by atoms with van der Waals surface area (Å²) in [6.07, 6.45) is 2.15. The molecular weight excluding hydrogens is 258 g/mol. The first kappa shape index (κ1) is 14.5. The van der Waals surface area contributed by atoms with Crippen molar-refractivity contribution in [3.05, 3.63) is 16.8 Å². The molecule has 2 rings (SSSR count). The highest BCUT2D eigenvalue weighted by atomic mass is 16.5. The summed E-state index contributed by atoms with van der Waals surface area (Å²) in [5.41, 5.74) is 8.14. The number of oxime groups is 1. The number of amidine groups is 1. The van der Waals surface area contributed by atoms with Gasteiger partial charge in [0.15, 0.2) is 11.7 Å². The molecule has 1 aliphatic rings. The lowest BCUT2D eigenvalue weighted by Crippen LogP contribution is -2.39. The maximum atomic E-state index is 8.98. The zero-order chi connectivity index (χ0) is 14.7. The first-order chi connectivity index (χ1) is 9.58. The fourth-order valence-corrected chi connectivity index (χ4v) is 2.48. The van der Waals surface area contributed by atoms with E-state index in [4.69, 9.17) is 15.7 Å². The lowest BCUT2D eigenvalue weighted by Gasteiger charge is -2.33. The maximum Gasteiger partial charge on any atom is 0.174 e. The van der Waals surface area contributed by atoms with Crippen LogP contribution in [0.1, 0.15) is 29.7 Å². The topological polar surface area (TPSA) is 96.9 Å². The van der Waals surface area contributed by atoms with Gasteiger partial charge in [-0.2, -0.15) is 5.10 Å². The summed E-state index contributed by atoms with van der Waals surface area (Å²) >= 11 is 0. The van der Waals surface area contributed by atoms with Crippen molar-refractivity contribution < 1.29 is 9.94 Å². The molecule has 0 radical (unpaired) electrons. The van der Waals surface area contributed by atoms with Crippen LogP contribution in [0.5, 0.6) is 0 Å². The van der Waals surface area contributed by atoms with Crippen LogP contribution in [0.25, 0.3) is 0 Å². The fraction of sp³-hybridized carbons (Fsp3) is 0.615. The molecule has 0 bridgehead atoms. The minimum Gasteiger partial charge on any atom is -0.409 e. The zero-order valence-electron chi connectivity index (χ0n) is 12.1. The van der Waals surface area contributed by atoms with E-state index < -0.39 is 0 Å². The molecule has 7 nitrogen and oxygen atoms in total. The minimum absolute atomic E-state index is 0.0735. The van der Waals surface area contributed by atoms with Gasteiger partial charge in [0.2, 0.25) is 0 Å². The molecule has 2 heterocycles. The summed E-state index contributed by atoms with van der Waals surface area (Å²) < 4.78 is 5.37. The second-order valence-corrected chi connectivity index (χ2v) is 5.02. The molecule has 3 N–H and O–H groups in total. The monoisotopic (exact) mass is 279 g/mol. The summed E-state index contributed by atoms with van der Waals surface area (Å²) in [5.74, 6) is 0.752. The Morgan fingerprint density at radius 1 is 1.35 bits per heavy atom. The average molecular weight is 279 g/mol. The highest BCUT2D eigenvalue weighted by Gasteiger charge is 2.25. The van der Waals surface area contributed by atoms with E-state index in [-0.39, 0.29) is 11.9 Å². The number of ether oxygens (including phenoxy) is 1. The van der Waals surface area contributed by atoms with E-state index in [0.29, 0.717) is 11.4 Å². The van der Waals surface area contributed by atoms with Crippen molar-refractivity contribution in [2.45, 2.75) is 32.8 Å². The van der Waals surface area contributed by atoms with Crippen molar-refractivity contribution >= 4 is 11.7 Å². The Kier molecular flexibility index (Phi) is 4.39. The van der Waals surface area contributed by atoms with Crippen LogP contribution in [0, 0.1) is 13.8 Å². The Balaban J connectivity index is 2.35. The summed E-state index contributed by atoms with van der Waals surface area (Å²) in [4.78, 5) is 2.11. The Morgan fingerprint density at radius 2 is 2.00 bits per heavy atom. The Labute approximate surface area is 118 Å². The molecule has 0 saturated carbocycles. The van der Waals surface area contributed by atoms with Crippen molar-refractivity contribution in [2.24, 2.45) is 10.9 Å². The van der Waals surface area contributed by atoms with Gasteiger partial charge in [-0.3, -0.25) is 0 Å². The van der Waals surface area contributed by atoms with Crippen LogP contribution < -0.4 is 10.6 Å². The van der Waals surface area contributed by atoms with Gasteiger partial charge >= 0.3 is 0 Å². The van der Waals surface area contributed by atoms with Gasteiger partial charge in [-0.25, -0.2) is 0 Å². The number of nitrogens with zero attached hydrogens (tertiary/aromatic N) is 4. The molecule has 1 aromatic heterocycles. The molecule has 0 aliphatic carbocycles. The van der Waals surface area contributed by atoms with Gasteiger partial charge in [0, 0.05) is 20.2 Å². The average Bonchev–Trinajstić information content (AvgIpc) is 2.49. The van der Waals surface area contributed by atoms with Gasteiger partial charge in [0.25, 0.3) is 0 Å². The van der Waals surface area contributed by atoms with E-state index in [9.17, 15) is 0 Å². The third-order valence-electron chi connectivity index (χ3n) is 3.87.